The van der Waals surface area contributed by atoms with Gasteiger partial charge in [-0.1, -0.05) is 11.8 Å². The van der Waals surface area contributed by atoms with E-state index in [1.807, 2.05) is 20.8 Å². The van der Waals surface area contributed by atoms with Crippen LogP contribution >= 0.6 is 23.1 Å². The third kappa shape index (κ3) is 6.21. The molecule has 0 amide bonds. The number of nitrogens with zero attached hydrogens (tertiary/aromatic N) is 1. The molecule has 0 atom stereocenters. The number of carboxylic acid groups (broad SMARTS) is 1. The second-order valence-electron chi connectivity index (χ2n) is 4.04. The second kappa shape index (κ2) is 9.33. The number of carboxylic acids is 1. The summed E-state index contributed by atoms with van der Waals surface area (Å²) in [5.41, 5.74) is 0.811. The lowest BCUT2D eigenvalue weighted by Gasteiger charge is -2.15. The zero-order chi connectivity index (χ0) is 15.0. The Kier molecular flexibility index (Phi) is 8.13. The van der Waals surface area contributed by atoms with Gasteiger partial charge in [-0.2, -0.15) is 0 Å². The van der Waals surface area contributed by atoms with Gasteiger partial charge >= 0.3 is 5.97 Å². The quantitative estimate of drug-likeness (QED) is 0.528. The van der Waals surface area contributed by atoms with Crippen LogP contribution in [0.3, 0.4) is 0 Å². The Labute approximate surface area is 127 Å². The highest BCUT2D eigenvalue weighted by atomic mass is 32.2. The molecule has 20 heavy (non-hydrogen) atoms. The molecule has 1 rings (SSSR count). The number of aryl methyl sites for hydroxylation is 1. The fourth-order valence-electron chi connectivity index (χ4n) is 1.59. The third-order valence-corrected chi connectivity index (χ3v) is 4.80. The molecule has 0 aliphatic carbocycles. The number of ether oxygens (including phenoxy) is 2. The molecule has 0 spiro atoms. The van der Waals surface area contributed by atoms with Gasteiger partial charge in [0.25, 0.3) is 0 Å². The monoisotopic (exact) mass is 319 g/mol. The first-order valence-electron chi connectivity index (χ1n) is 6.60. The van der Waals surface area contributed by atoms with E-state index in [1.165, 1.54) is 11.3 Å². The lowest BCUT2D eigenvalue weighted by Crippen LogP contribution is -2.18. The molecule has 5 nitrogen and oxygen atoms in total. The van der Waals surface area contributed by atoms with Crippen molar-refractivity contribution in [1.29, 1.82) is 0 Å². The van der Waals surface area contributed by atoms with Gasteiger partial charge in [0, 0.05) is 30.3 Å². The first-order chi connectivity index (χ1) is 9.56. The SMILES string of the molecule is CCOC(CCSc1nc(C)c(CC(=O)O)s1)OCC. The molecule has 1 aromatic heterocycles. The molecule has 1 heterocycles. The van der Waals surface area contributed by atoms with Crippen LogP contribution in [0.15, 0.2) is 4.34 Å². The second-order valence-corrected chi connectivity index (χ2v) is 6.46. The van der Waals surface area contributed by atoms with Crippen molar-refractivity contribution in [2.75, 3.05) is 19.0 Å². The topological polar surface area (TPSA) is 68.7 Å². The minimum Gasteiger partial charge on any atom is -0.481 e. The minimum absolute atomic E-state index is 0.0462. The molecule has 1 N–H and O–H groups in total. The van der Waals surface area contributed by atoms with Crippen molar-refractivity contribution in [3.05, 3.63) is 10.6 Å². The summed E-state index contributed by atoms with van der Waals surface area (Å²) in [4.78, 5) is 15.9. The zero-order valence-corrected chi connectivity index (χ0v) is 13.7. The van der Waals surface area contributed by atoms with Crippen LogP contribution in [0.25, 0.3) is 0 Å². The molecule has 1 aromatic rings. The smallest absolute Gasteiger partial charge is 0.308 e. The predicted octanol–water partition coefficient (Wildman–Crippen LogP) is 2.96. The molecular formula is C13H21NO4S2. The van der Waals surface area contributed by atoms with E-state index in [-0.39, 0.29) is 12.7 Å². The van der Waals surface area contributed by atoms with Crippen molar-refractivity contribution in [3.63, 3.8) is 0 Å². The molecule has 0 saturated heterocycles. The summed E-state index contributed by atoms with van der Waals surface area (Å²) in [5, 5.41) is 8.81. The molecular weight excluding hydrogens is 298 g/mol. The van der Waals surface area contributed by atoms with E-state index in [1.54, 1.807) is 11.8 Å². The van der Waals surface area contributed by atoms with E-state index in [0.29, 0.717) is 13.2 Å². The third-order valence-electron chi connectivity index (χ3n) is 2.47. The van der Waals surface area contributed by atoms with Crippen molar-refractivity contribution in [2.24, 2.45) is 0 Å². The Balaban J connectivity index is 2.43. The summed E-state index contributed by atoms with van der Waals surface area (Å²) >= 11 is 3.07. The largest absolute Gasteiger partial charge is 0.481 e. The van der Waals surface area contributed by atoms with Gasteiger partial charge in [-0.15, -0.1) is 11.3 Å². The Morgan fingerprint density at radius 1 is 1.40 bits per heavy atom. The van der Waals surface area contributed by atoms with E-state index in [2.05, 4.69) is 4.98 Å². The molecule has 0 saturated carbocycles. The minimum atomic E-state index is -0.818. The number of thioether (sulfide) groups is 1. The van der Waals surface area contributed by atoms with Crippen molar-refractivity contribution in [2.45, 2.75) is 44.2 Å². The standard InChI is InChI=1S/C13H21NO4S2/c1-4-17-12(18-5-2)6-7-19-13-14-9(3)10(20-13)8-11(15)16/h12H,4-8H2,1-3H3,(H,15,16). The van der Waals surface area contributed by atoms with E-state index < -0.39 is 5.97 Å². The maximum Gasteiger partial charge on any atom is 0.308 e. The van der Waals surface area contributed by atoms with Crippen LogP contribution in [0, 0.1) is 6.92 Å². The number of hydrogen-bond donors (Lipinski definition) is 1. The Hall–Kier alpha value is -0.630. The normalized spacial score (nSPS) is 11.2. The van der Waals surface area contributed by atoms with Crippen molar-refractivity contribution in [3.8, 4) is 0 Å². The molecule has 7 heteroatoms. The number of carbonyl (C=O) groups is 1. The number of rotatable bonds is 10. The summed E-state index contributed by atoms with van der Waals surface area (Å²) in [6.07, 6.45) is 0.668. The van der Waals surface area contributed by atoms with Crippen molar-refractivity contribution in [1.82, 2.24) is 4.98 Å². The first kappa shape index (κ1) is 17.4. The van der Waals surface area contributed by atoms with E-state index in [4.69, 9.17) is 14.6 Å². The molecule has 0 radical (unpaired) electrons. The molecule has 0 unspecified atom stereocenters. The van der Waals surface area contributed by atoms with Gasteiger partial charge in [-0.05, 0) is 20.8 Å². The summed E-state index contributed by atoms with van der Waals surface area (Å²) in [6, 6.07) is 0. The maximum absolute atomic E-state index is 10.7. The highest BCUT2D eigenvalue weighted by Gasteiger charge is 2.13. The van der Waals surface area contributed by atoms with Crippen molar-refractivity contribution >= 4 is 29.1 Å². The van der Waals surface area contributed by atoms with Crippen LogP contribution < -0.4 is 0 Å². The fourth-order valence-corrected chi connectivity index (χ4v) is 3.85. The van der Waals surface area contributed by atoms with E-state index in [9.17, 15) is 4.79 Å². The summed E-state index contributed by atoms with van der Waals surface area (Å²) in [7, 11) is 0. The average Bonchev–Trinajstić information content (AvgIpc) is 2.70. The van der Waals surface area contributed by atoms with Crippen LogP contribution in [0.2, 0.25) is 0 Å². The van der Waals surface area contributed by atoms with Gasteiger partial charge < -0.3 is 14.6 Å². The van der Waals surface area contributed by atoms with E-state index in [0.717, 1.165) is 27.1 Å². The summed E-state index contributed by atoms with van der Waals surface area (Å²) < 4.78 is 11.9. The first-order valence-corrected chi connectivity index (χ1v) is 8.41. The molecule has 0 fully saturated rings. The average molecular weight is 319 g/mol. The van der Waals surface area contributed by atoms with Crippen LogP contribution in [0.5, 0.6) is 0 Å². The highest BCUT2D eigenvalue weighted by Crippen LogP contribution is 2.28. The molecule has 0 aliphatic rings. The number of hydrogen-bond acceptors (Lipinski definition) is 6. The lowest BCUT2D eigenvalue weighted by atomic mass is 10.3. The zero-order valence-electron chi connectivity index (χ0n) is 12.0. The Morgan fingerprint density at radius 2 is 2.05 bits per heavy atom. The van der Waals surface area contributed by atoms with Crippen LogP contribution in [0.1, 0.15) is 30.8 Å². The number of aliphatic carboxylic acids is 1. The van der Waals surface area contributed by atoms with Crippen LogP contribution in [-0.2, 0) is 20.7 Å². The van der Waals surface area contributed by atoms with E-state index >= 15 is 0 Å². The maximum atomic E-state index is 10.7. The van der Waals surface area contributed by atoms with Gasteiger partial charge in [0.2, 0.25) is 0 Å². The van der Waals surface area contributed by atoms with Gasteiger partial charge in [0.05, 0.1) is 12.1 Å². The Bertz CT molecular complexity index is 417. The molecule has 0 bridgehead atoms. The van der Waals surface area contributed by atoms with Gasteiger partial charge in [-0.3, -0.25) is 4.79 Å². The number of thiazole rings is 1. The molecule has 114 valence electrons. The lowest BCUT2D eigenvalue weighted by molar-refractivity contribution is -0.136. The predicted molar refractivity (Wildman–Crippen MR) is 80.6 cm³/mol. The van der Waals surface area contributed by atoms with Crippen LogP contribution in [-0.4, -0.2) is 41.3 Å². The Morgan fingerprint density at radius 3 is 2.60 bits per heavy atom. The number of aromatic nitrogens is 1. The van der Waals surface area contributed by atoms with Gasteiger partial charge in [0.1, 0.15) is 4.34 Å². The summed E-state index contributed by atoms with van der Waals surface area (Å²) in [5.74, 6) is 0.0190. The summed E-state index contributed by atoms with van der Waals surface area (Å²) in [6.45, 7) is 7.01. The van der Waals surface area contributed by atoms with Crippen LogP contribution in [0.4, 0.5) is 0 Å². The fraction of sp³-hybridized carbons (Fsp3) is 0.692. The molecule has 0 aliphatic heterocycles. The van der Waals surface area contributed by atoms with Gasteiger partial charge in [0.15, 0.2) is 6.29 Å². The highest BCUT2D eigenvalue weighted by molar-refractivity contribution is 8.01. The van der Waals surface area contributed by atoms with Crippen molar-refractivity contribution < 1.29 is 19.4 Å². The molecule has 0 aromatic carbocycles. The van der Waals surface area contributed by atoms with Gasteiger partial charge in [-0.25, -0.2) is 4.98 Å².